The average molecular weight is 323 g/mol. The van der Waals surface area contributed by atoms with Crippen molar-refractivity contribution in [3.05, 3.63) is 72.6 Å². The van der Waals surface area contributed by atoms with Crippen LogP contribution in [0.3, 0.4) is 0 Å². The largest absolute Gasteiger partial charge is 0.495 e. The maximum absolute atomic E-state index is 5.41. The van der Waals surface area contributed by atoms with Gasteiger partial charge in [0, 0.05) is 5.75 Å². The molecule has 116 valence electrons. The van der Waals surface area contributed by atoms with E-state index in [1.807, 2.05) is 47.0 Å². The number of hydrogen-bond donors (Lipinski definition) is 0. The molecule has 0 atom stereocenters. The Morgan fingerprint density at radius 3 is 2.70 bits per heavy atom. The van der Waals surface area contributed by atoms with Gasteiger partial charge >= 0.3 is 0 Å². The van der Waals surface area contributed by atoms with E-state index in [-0.39, 0.29) is 0 Å². The summed E-state index contributed by atoms with van der Waals surface area (Å²) in [5, 5.41) is 9.06. The Bertz CT molecular complexity index is 784. The SMILES string of the molecule is COc1ccccc1-n1cnnc1SC/C=C/c1ccccc1. The molecule has 1 heterocycles. The van der Waals surface area contributed by atoms with Gasteiger partial charge in [-0.1, -0.05) is 66.4 Å². The number of benzene rings is 2. The third-order valence-corrected chi connectivity index (χ3v) is 4.18. The zero-order valence-electron chi connectivity index (χ0n) is 12.8. The molecule has 0 bridgehead atoms. The fourth-order valence-corrected chi connectivity index (χ4v) is 2.92. The zero-order chi connectivity index (χ0) is 15.9. The number of hydrogen-bond acceptors (Lipinski definition) is 4. The highest BCUT2D eigenvalue weighted by molar-refractivity contribution is 7.99. The van der Waals surface area contributed by atoms with Crippen LogP contribution in [0.5, 0.6) is 5.75 Å². The number of ether oxygens (including phenoxy) is 1. The topological polar surface area (TPSA) is 39.9 Å². The molecule has 1 aromatic heterocycles. The molecule has 0 N–H and O–H groups in total. The van der Waals surface area contributed by atoms with Gasteiger partial charge in [-0.05, 0) is 17.7 Å². The average Bonchev–Trinajstić information content (AvgIpc) is 3.08. The standard InChI is InChI=1S/C18H17N3OS/c1-22-17-12-6-5-11-16(17)21-14-19-20-18(21)23-13-7-10-15-8-3-2-4-9-15/h2-12,14H,13H2,1H3/b10-7+. The Labute approximate surface area is 139 Å². The van der Waals surface area contributed by atoms with Crippen molar-refractivity contribution in [2.75, 3.05) is 12.9 Å². The van der Waals surface area contributed by atoms with Crippen molar-refractivity contribution in [2.24, 2.45) is 0 Å². The van der Waals surface area contributed by atoms with Gasteiger partial charge in [0.05, 0.1) is 12.8 Å². The molecule has 0 fully saturated rings. The van der Waals surface area contributed by atoms with Crippen LogP contribution in [0.25, 0.3) is 11.8 Å². The van der Waals surface area contributed by atoms with E-state index < -0.39 is 0 Å². The monoisotopic (exact) mass is 323 g/mol. The Morgan fingerprint density at radius 2 is 1.87 bits per heavy atom. The minimum absolute atomic E-state index is 0.800. The first-order chi connectivity index (χ1) is 11.4. The summed E-state index contributed by atoms with van der Waals surface area (Å²) in [5.41, 5.74) is 2.13. The molecule has 0 saturated heterocycles. The van der Waals surface area contributed by atoms with E-state index in [2.05, 4.69) is 34.5 Å². The molecule has 0 radical (unpaired) electrons. The summed E-state index contributed by atoms with van der Waals surface area (Å²) in [7, 11) is 1.67. The lowest BCUT2D eigenvalue weighted by Crippen LogP contribution is -1.98. The number of rotatable bonds is 6. The van der Waals surface area contributed by atoms with Crippen molar-refractivity contribution in [1.82, 2.24) is 14.8 Å². The number of para-hydroxylation sites is 2. The molecule has 0 aliphatic rings. The Balaban J connectivity index is 1.71. The van der Waals surface area contributed by atoms with Crippen molar-refractivity contribution in [3.8, 4) is 11.4 Å². The molecular weight excluding hydrogens is 306 g/mol. The van der Waals surface area contributed by atoms with E-state index in [0.29, 0.717) is 0 Å². The quantitative estimate of drug-likeness (QED) is 0.641. The molecule has 5 heteroatoms. The van der Waals surface area contributed by atoms with Crippen LogP contribution in [-0.2, 0) is 0 Å². The summed E-state index contributed by atoms with van der Waals surface area (Å²) < 4.78 is 7.35. The van der Waals surface area contributed by atoms with Crippen LogP contribution in [0.15, 0.2) is 72.2 Å². The lowest BCUT2D eigenvalue weighted by atomic mass is 10.2. The highest BCUT2D eigenvalue weighted by atomic mass is 32.2. The normalized spacial score (nSPS) is 11.0. The van der Waals surface area contributed by atoms with E-state index in [4.69, 9.17) is 4.74 Å². The maximum Gasteiger partial charge on any atom is 0.196 e. The van der Waals surface area contributed by atoms with Crippen molar-refractivity contribution in [2.45, 2.75) is 5.16 Å². The third-order valence-electron chi connectivity index (χ3n) is 3.28. The first kappa shape index (κ1) is 15.4. The molecule has 0 amide bonds. The van der Waals surface area contributed by atoms with Crippen LogP contribution in [0.2, 0.25) is 0 Å². The Kier molecular flexibility index (Phi) is 5.11. The summed E-state index contributed by atoms with van der Waals surface area (Å²) in [6.45, 7) is 0. The van der Waals surface area contributed by atoms with Gasteiger partial charge in [-0.15, -0.1) is 10.2 Å². The summed E-state index contributed by atoms with van der Waals surface area (Å²) in [4.78, 5) is 0. The second-order valence-electron chi connectivity index (χ2n) is 4.78. The molecule has 0 aliphatic carbocycles. The summed E-state index contributed by atoms with van der Waals surface area (Å²) in [5.74, 6) is 1.62. The van der Waals surface area contributed by atoms with Crippen molar-refractivity contribution < 1.29 is 4.74 Å². The van der Waals surface area contributed by atoms with Gasteiger partial charge in [0.1, 0.15) is 12.1 Å². The van der Waals surface area contributed by atoms with Crippen molar-refractivity contribution in [1.29, 1.82) is 0 Å². The first-order valence-electron chi connectivity index (χ1n) is 7.26. The lowest BCUT2D eigenvalue weighted by Gasteiger charge is -2.10. The number of nitrogens with zero attached hydrogens (tertiary/aromatic N) is 3. The molecule has 23 heavy (non-hydrogen) atoms. The smallest absolute Gasteiger partial charge is 0.196 e. The van der Waals surface area contributed by atoms with Gasteiger partial charge in [0.2, 0.25) is 0 Å². The van der Waals surface area contributed by atoms with Crippen LogP contribution < -0.4 is 4.74 Å². The second kappa shape index (κ2) is 7.65. The van der Waals surface area contributed by atoms with Crippen LogP contribution in [0, 0.1) is 0 Å². The van der Waals surface area contributed by atoms with Crippen LogP contribution in [0.4, 0.5) is 0 Å². The van der Waals surface area contributed by atoms with Crippen LogP contribution in [0.1, 0.15) is 5.56 Å². The molecular formula is C18H17N3OS. The Morgan fingerprint density at radius 1 is 1.09 bits per heavy atom. The molecule has 4 nitrogen and oxygen atoms in total. The minimum Gasteiger partial charge on any atom is -0.495 e. The van der Waals surface area contributed by atoms with E-state index in [1.54, 1.807) is 25.2 Å². The van der Waals surface area contributed by atoms with E-state index in [0.717, 1.165) is 22.3 Å². The van der Waals surface area contributed by atoms with E-state index in [1.165, 1.54) is 5.56 Å². The fourth-order valence-electron chi connectivity index (χ4n) is 2.19. The second-order valence-corrected chi connectivity index (χ2v) is 5.77. The van der Waals surface area contributed by atoms with Crippen LogP contribution in [-0.4, -0.2) is 27.6 Å². The van der Waals surface area contributed by atoms with Gasteiger partial charge in [-0.25, -0.2) is 0 Å². The van der Waals surface area contributed by atoms with Gasteiger partial charge in [-0.2, -0.15) is 0 Å². The number of methoxy groups -OCH3 is 1. The number of thioether (sulfide) groups is 1. The molecule has 0 unspecified atom stereocenters. The van der Waals surface area contributed by atoms with Gasteiger partial charge in [0.25, 0.3) is 0 Å². The summed E-state index contributed by atoms with van der Waals surface area (Å²) in [6.07, 6.45) is 5.94. The minimum atomic E-state index is 0.800. The van der Waals surface area contributed by atoms with Gasteiger partial charge in [-0.3, -0.25) is 4.57 Å². The fraction of sp³-hybridized carbons (Fsp3) is 0.111. The molecule has 0 spiro atoms. The van der Waals surface area contributed by atoms with E-state index in [9.17, 15) is 0 Å². The van der Waals surface area contributed by atoms with E-state index >= 15 is 0 Å². The lowest BCUT2D eigenvalue weighted by molar-refractivity contribution is 0.412. The molecule has 0 saturated carbocycles. The van der Waals surface area contributed by atoms with Crippen molar-refractivity contribution in [3.63, 3.8) is 0 Å². The number of aromatic nitrogens is 3. The third kappa shape index (κ3) is 3.81. The zero-order valence-corrected chi connectivity index (χ0v) is 13.6. The molecule has 3 aromatic rings. The van der Waals surface area contributed by atoms with Gasteiger partial charge < -0.3 is 4.74 Å². The predicted molar refractivity (Wildman–Crippen MR) is 94.1 cm³/mol. The highest BCUT2D eigenvalue weighted by Gasteiger charge is 2.10. The van der Waals surface area contributed by atoms with Crippen molar-refractivity contribution >= 4 is 17.8 Å². The molecule has 0 aliphatic heterocycles. The maximum atomic E-state index is 5.41. The molecule has 2 aromatic carbocycles. The Hall–Kier alpha value is -2.53. The summed E-state index contributed by atoms with van der Waals surface area (Å²) >= 11 is 1.63. The molecule has 3 rings (SSSR count). The first-order valence-corrected chi connectivity index (χ1v) is 8.25. The summed E-state index contributed by atoms with van der Waals surface area (Å²) in [6, 6.07) is 18.1. The predicted octanol–water partition coefficient (Wildman–Crippen LogP) is 4.08. The highest BCUT2D eigenvalue weighted by Crippen LogP contribution is 2.26. The van der Waals surface area contributed by atoms with Crippen LogP contribution >= 0.6 is 11.8 Å². The van der Waals surface area contributed by atoms with Gasteiger partial charge in [0.15, 0.2) is 5.16 Å².